The van der Waals surface area contributed by atoms with E-state index >= 15 is 0 Å². The molecule has 0 aliphatic heterocycles. The first kappa shape index (κ1) is 17.9. The Kier molecular flexibility index (Phi) is 7.35. The normalized spacial score (nSPS) is 12.7. The molecule has 20 heavy (non-hydrogen) atoms. The van der Waals surface area contributed by atoms with Crippen LogP contribution in [0.2, 0.25) is 0 Å². The maximum Gasteiger partial charge on any atom is 0.331 e. The van der Waals surface area contributed by atoms with Crippen LogP contribution in [0.1, 0.15) is 27.7 Å². The fourth-order valence-corrected chi connectivity index (χ4v) is 1.10. The number of amides is 2. The molecule has 2 amide bonds. The number of carbonyl (C=O) groups is 3. The Bertz CT molecular complexity index is 385. The minimum absolute atomic E-state index is 0.00189. The molecular weight excluding hydrogens is 264 g/mol. The molecular formula is C13H22N2O5. The van der Waals surface area contributed by atoms with Crippen molar-refractivity contribution >= 4 is 18.0 Å². The van der Waals surface area contributed by atoms with E-state index in [4.69, 9.17) is 4.74 Å². The maximum atomic E-state index is 11.5. The third-order valence-electron chi connectivity index (χ3n) is 1.90. The van der Waals surface area contributed by atoms with Gasteiger partial charge in [-0.25, -0.2) is 14.4 Å². The summed E-state index contributed by atoms with van der Waals surface area (Å²) >= 11 is 0. The van der Waals surface area contributed by atoms with E-state index in [2.05, 4.69) is 15.4 Å². The van der Waals surface area contributed by atoms with Crippen molar-refractivity contribution < 1.29 is 23.9 Å². The number of hydrogen-bond acceptors (Lipinski definition) is 5. The summed E-state index contributed by atoms with van der Waals surface area (Å²) in [5.41, 5.74) is -0.344. The molecule has 7 nitrogen and oxygen atoms in total. The summed E-state index contributed by atoms with van der Waals surface area (Å²) in [6.45, 7) is 7.26. The topological polar surface area (TPSA) is 93.7 Å². The predicted octanol–water partition coefficient (Wildman–Crippen LogP) is 0.745. The highest BCUT2D eigenvalue weighted by Crippen LogP contribution is 1.98. The first-order valence-electron chi connectivity index (χ1n) is 6.15. The summed E-state index contributed by atoms with van der Waals surface area (Å²) in [6, 6.07) is -0.695. The molecule has 114 valence electrons. The molecule has 1 atom stereocenters. The van der Waals surface area contributed by atoms with Crippen molar-refractivity contribution in [3.05, 3.63) is 12.2 Å². The Morgan fingerprint density at radius 2 is 1.70 bits per heavy atom. The van der Waals surface area contributed by atoms with Crippen LogP contribution in [0.25, 0.3) is 0 Å². The van der Waals surface area contributed by atoms with Crippen molar-refractivity contribution in [3.63, 3.8) is 0 Å². The van der Waals surface area contributed by atoms with E-state index in [0.29, 0.717) is 0 Å². The summed E-state index contributed by atoms with van der Waals surface area (Å²) in [6.07, 6.45) is 1.93. The van der Waals surface area contributed by atoms with Crippen molar-refractivity contribution in [2.45, 2.75) is 39.3 Å². The monoisotopic (exact) mass is 286 g/mol. The Balaban J connectivity index is 4.02. The van der Waals surface area contributed by atoms with Crippen LogP contribution in [0.15, 0.2) is 12.2 Å². The first-order valence-corrected chi connectivity index (χ1v) is 6.15. The van der Waals surface area contributed by atoms with Gasteiger partial charge in [0, 0.05) is 17.7 Å². The van der Waals surface area contributed by atoms with Crippen LogP contribution in [0, 0.1) is 0 Å². The summed E-state index contributed by atoms with van der Waals surface area (Å²) < 4.78 is 9.18. The predicted molar refractivity (Wildman–Crippen MR) is 73.0 cm³/mol. The van der Waals surface area contributed by atoms with Crippen molar-refractivity contribution in [1.82, 2.24) is 10.6 Å². The van der Waals surface area contributed by atoms with Crippen LogP contribution in [-0.2, 0) is 19.1 Å². The number of esters is 2. The second-order valence-electron chi connectivity index (χ2n) is 5.24. The van der Waals surface area contributed by atoms with Crippen LogP contribution in [-0.4, -0.2) is 43.3 Å². The van der Waals surface area contributed by atoms with Crippen LogP contribution >= 0.6 is 0 Å². The minimum atomic E-state index is -0.680. The summed E-state index contributed by atoms with van der Waals surface area (Å²) in [5.74, 6) is -1.32. The van der Waals surface area contributed by atoms with Gasteiger partial charge in [-0.15, -0.1) is 0 Å². The molecule has 0 fully saturated rings. The Labute approximate surface area is 118 Å². The highest BCUT2D eigenvalue weighted by molar-refractivity contribution is 5.91. The van der Waals surface area contributed by atoms with E-state index < -0.39 is 11.9 Å². The highest BCUT2D eigenvalue weighted by atomic mass is 16.5. The molecule has 0 aliphatic rings. The average molecular weight is 286 g/mol. The Morgan fingerprint density at radius 1 is 1.15 bits per heavy atom. The van der Waals surface area contributed by atoms with Gasteiger partial charge in [-0.2, -0.15) is 0 Å². The number of urea groups is 1. The fraction of sp³-hybridized carbons (Fsp3) is 0.615. The molecule has 2 N–H and O–H groups in total. The van der Waals surface area contributed by atoms with E-state index in [-0.39, 0.29) is 24.2 Å². The lowest BCUT2D eigenvalue weighted by atomic mass is 10.1. The zero-order valence-electron chi connectivity index (χ0n) is 12.5. The van der Waals surface area contributed by atoms with Crippen molar-refractivity contribution in [1.29, 1.82) is 0 Å². The third kappa shape index (κ3) is 9.93. The van der Waals surface area contributed by atoms with Gasteiger partial charge in [-0.1, -0.05) is 0 Å². The van der Waals surface area contributed by atoms with E-state index in [1.165, 1.54) is 7.11 Å². The van der Waals surface area contributed by atoms with Crippen LogP contribution < -0.4 is 10.6 Å². The average Bonchev–Trinajstić information content (AvgIpc) is 2.30. The fourth-order valence-electron chi connectivity index (χ4n) is 1.10. The molecule has 0 saturated heterocycles. The molecule has 0 heterocycles. The number of nitrogens with one attached hydrogen (secondary N) is 2. The second-order valence-corrected chi connectivity index (χ2v) is 5.24. The molecule has 0 rings (SSSR count). The van der Waals surface area contributed by atoms with Crippen molar-refractivity contribution in [3.8, 4) is 0 Å². The van der Waals surface area contributed by atoms with Gasteiger partial charge >= 0.3 is 18.0 Å². The quantitative estimate of drug-likeness (QED) is 0.574. The number of ether oxygens (including phenoxy) is 2. The van der Waals surface area contributed by atoms with E-state index in [0.717, 1.165) is 12.2 Å². The summed E-state index contributed by atoms with van der Waals surface area (Å²) in [5, 5.41) is 5.34. The molecule has 0 aromatic rings. The van der Waals surface area contributed by atoms with Gasteiger partial charge in [-0.05, 0) is 27.7 Å². The van der Waals surface area contributed by atoms with Crippen molar-refractivity contribution in [2.24, 2.45) is 0 Å². The third-order valence-corrected chi connectivity index (χ3v) is 1.90. The number of carbonyl (C=O) groups excluding carboxylic acids is 3. The second kappa shape index (κ2) is 8.19. The smallest absolute Gasteiger partial charge is 0.331 e. The lowest BCUT2D eigenvalue weighted by molar-refractivity contribution is -0.139. The number of rotatable bonds is 5. The summed E-state index contributed by atoms with van der Waals surface area (Å²) in [4.78, 5) is 33.5. The molecule has 0 radical (unpaired) electrons. The van der Waals surface area contributed by atoms with Gasteiger partial charge in [0.15, 0.2) is 0 Å². The lowest BCUT2D eigenvalue weighted by Crippen LogP contribution is -2.49. The number of hydrogen-bond donors (Lipinski definition) is 2. The van der Waals surface area contributed by atoms with Gasteiger partial charge in [0.25, 0.3) is 0 Å². The van der Waals surface area contributed by atoms with Gasteiger partial charge < -0.3 is 20.1 Å². The summed E-state index contributed by atoms with van der Waals surface area (Å²) in [7, 11) is 1.21. The van der Waals surface area contributed by atoms with Crippen LogP contribution in [0.3, 0.4) is 0 Å². The van der Waals surface area contributed by atoms with Gasteiger partial charge in [0.1, 0.15) is 6.61 Å². The SMILES string of the molecule is COC(=O)/C=C/C(=O)OC[C@H](C)NC(=O)NC(C)(C)C. The molecule has 0 bridgehead atoms. The maximum absolute atomic E-state index is 11.5. The van der Waals surface area contributed by atoms with E-state index in [1.807, 2.05) is 20.8 Å². The molecule has 0 unspecified atom stereocenters. The Hall–Kier alpha value is -2.05. The number of methoxy groups -OCH3 is 1. The van der Waals surface area contributed by atoms with E-state index in [9.17, 15) is 14.4 Å². The Morgan fingerprint density at radius 3 is 2.20 bits per heavy atom. The highest BCUT2D eigenvalue weighted by Gasteiger charge is 2.15. The molecule has 0 aromatic heterocycles. The van der Waals surface area contributed by atoms with Gasteiger partial charge in [0.2, 0.25) is 0 Å². The molecule has 0 aliphatic carbocycles. The van der Waals surface area contributed by atoms with Gasteiger partial charge in [0.05, 0.1) is 13.2 Å². The van der Waals surface area contributed by atoms with Crippen molar-refractivity contribution in [2.75, 3.05) is 13.7 Å². The zero-order valence-corrected chi connectivity index (χ0v) is 12.5. The molecule has 7 heteroatoms. The standard InChI is InChI=1S/C13H22N2O5/c1-9(14-12(18)15-13(2,3)4)8-20-11(17)7-6-10(16)19-5/h6-7,9H,8H2,1-5H3,(H2,14,15,18)/b7-6+/t9-/m0/s1. The lowest BCUT2D eigenvalue weighted by Gasteiger charge is -2.22. The molecule has 0 spiro atoms. The molecule has 0 aromatic carbocycles. The zero-order chi connectivity index (χ0) is 15.8. The molecule has 0 saturated carbocycles. The van der Waals surface area contributed by atoms with E-state index in [1.54, 1.807) is 6.92 Å². The minimum Gasteiger partial charge on any atom is -0.466 e. The largest absolute Gasteiger partial charge is 0.466 e. The first-order chi connectivity index (χ1) is 9.14. The van der Waals surface area contributed by atoms with Crippen LogP contribution in [0.5, 0.6) is 0 Å². The van der Waals surface area contributed by atoms with Crippen LogP contribution in [0.4, 0.5) is 4.79 Å². The van der Waals surface area contributed by atoms with Gasteiger partial charge in [-0.3, -0.25) is 0 Å².